The topological polar surface area (TPSA) is 104 Å². The lowest BCUT2D eigenvalue weighted by Crippen LogP contribution is -2.42. The molecule has 1 aliphatic carbocycles. The van der Waals surface area contributed by atoms with E-state index in [9.17, 15) is 4.79 Å². The zero-order valence-corrected chi connectivity index (χ0v) is 21.8. The molecular weight excluding hydrogens is 458 g/mol. The highest BCUT2D eigenvalue weighted by Crippen LogP contribution is 2.32. The molecule has 2 aromatic heterocycles. The van der Waals surface area contributed by atoms with Crippen LogP contribution in [0.15, 0.2) is 29.8 Å². The van der Waals surface area contributed by atoms with Crippen molar-refractivity contribution in [2.24, 2.45) is 0 Å². The Morgan fingerprint density at radius 2 is 1.97 bits per heavy atom. The molecule has 35 heavy (non-hydrogen) atoms. The predicted octanol–water partition coefficient (Wildman–Crippen LogP) is 4.99. The van der Waals surface area contributed by atoms with Crippen LogP contribution in [0.5, 0.6) is 0 Å². The summed E-state index contributed by atoms with van der Waals surface area (Å²) >= 11 is 1.50. The van der Waals surface area contributed by atoms with Crippen LogP contribution >= 0.6 is 11.3 Å². The third kappa shape index (κ3) is 5.31. The van der Waals surface area contributed by atoms with Gasteiger partial charge in [-0.1, -0.05) is 26.8 Å². The van der Waals surface area contributed by atoms with Gasteiger partial charge in [0.05, 0.1) is 5.69 Å². The quantitative estimate of drug-likeness (QED) is 0.385. The molecule has 3 heterocycles. The highest BCUT2D eigenvalue weighted by atomic mass is 32.1. The number of hydrogen-bond donors (Lipinski definition) is 4. The van der Waals surface area contributed by atoms with Gasteiger partial charge in [-0.15, -0.1) is 11.3 Å². The second-order valence-electron chi connectivity index (χ2n) is 10.9. The summed E-state index contributed by atoms with van der Waals surface area (Å²) in [7, 11) is 0. The second-order valence-corrected chi connectivity index (χ2v) is 11.8. The first-order chi connectivity index (χ1) is 16.6. The van der Waals surface area contributed by atoms with Crippen molar-refractivity contribution in [3.63, 3.8) is 0 Å². The third-order valence-corrected chi connectivity index (χ3v) is 7.20. The van der Waals surface area contributed by atoms with Crippen LogP contribution in [0.3, 0.4) is 0 Å². The van der Waals surface area contributed by atoms with E-state index >= 15 is 0 Å². The van der Waals surface area contributed by atoms with E-state index < -0.39 is 0 Å². The Labute approximate surface area is 210 Å². The number of benzene rings is 1. The number of nitrogens with zero attached hydrogens (tertiary/aromatic N) is 3. The van der Waals surface area contributed by atoms with Gasteiger partial charge >= 0.3 is 0 Å². The summed E-state index contributed by atoms with van der Waals surface area (Å²) in [6.07, 6.45) is 4.59. The van der Waals surface area contributed by atoms with Gasteiger partial charge < -0.3 is 21.3 Å². The van der Waals surface area contributed by atoms with E-state index in [0.717, 1.165) is 37.2 Å². The van der Waals surface area contributed by atoms with Crippen molar-refractivity contribution in [3.8, 4) is 0 Å². The predicted molar refractivity (Wildman–Crippen MR) is 141 cm³/mol. The minimum atomic E-state index is -0.169. The van der Waals surface area contributed by atoms with Crippen LogP contribution in [-0.4, -0.2) is 33.4 Å². The number of aromatic nitrogens is 3. The normalized spacial score (nSPS) is 16.9. The molecule has 4 N–H and O–H groups in total. The zero-order valence-electron chi connectivity index (χ0n) is 21.0. The number of anilines is 4. The van der Waals surface area contributed by atoms with Crippen LogP contribution in [0.25, 0.3) is 0 Å². The van der Waals surface area contributed by atoms with Crippen LogP contribution in [0.2, 0.25) is 0 Å². The Morgan fingerprint density at radius 1 is 1.17 bits per heavy atom. The molecule has 1 amide bonds. The van der Waals surface area contributed by atoms with Gasteiger partial charge in [0.1, 0.15) is 5.56 Å². The second kappa shape index (κ2) is 8.87. The lowest BCUT2D eigenvalue weighted by atomic mass is 9.85. The molecule has 9 heteroatoms. The fourth-order valence-corrected chi connectivity index (χ4v) is 5.13. The van der Waals surface area contributed by atoms with Gasteiger partial charge in [0, 0.05) is 34.3 Å². The summed E-state index contributed by atoms with van der Waals surface area (Å²) in [5, 5.41) is 15.9. The number of carbonyl (C=O) groups excluding carboxylic acids is 1. The van der Waals surface area contributed by atoms with E-state index in [1.807, 2.05) is 11.4 Å². The van der Waals surface area contributed by atoms with Crippen LogP contribution in [0, 0.1) is 0 Å². The van der Waals surface area contributed by atoms with Crippen molar-refractivity contribution < 1.29 is 4.79 Å². The van der Waals surface area contributed by atoms with Crippen molar-refractivity contribution in [1.82, 2.24) is 25.6 Å². The Bertz CT molecular complexity index is 1260. The first kappa shape index (κ1) is 23.7. The molecule has 0 atom stereocenters. The fraction of sp³-hybridized carbons (Fsp3) is 0.462. The number of rotatable bonds is 6. The molecule has 1 aromatic carbocycles. The number of carbonyl (C=O) groups is 1. The zero-order chi connectivity index (χ0) is 24.8. The summed E-state index contributed by atoms with van der Waals surface area (Å²) < 4.78 is 0. The van der Waals surface area contributed by atoms with Crippen LogP contribution in [0.1, 0.15) is 74.6 Å². The number of hydrogen-bond acceptors (Lipinski definition) is 8. The summed E-state index contributed by atoms with van der Waals surface area (Å²) in [4.78, 5) is 26.7. The monoisotopic (exact) mass is 491 g/mol. The molecule has 1 saturated carbocycles. The Morgan fingerprint density at radius 3 is 2.69 bits per heavy atom. The maximum Gasteiger partial charge on any atom is 0.256 e. The first-order valence-electron chi connectivity index (χ1n) is 12.1. The van der Waals surface area contributed by atoms with Crippen molar-refractivity contribution >= 4 is 39.8 Å². The highest BCUT2D eigenvalue weighted by molar-refractivity contribution is 7.13. The molecular formula is C26H33N7OS. The lowest BCUT2D eigenvalue weighted by Gasteiger charge is -2.34. The average Bonchev–Trinajstić information content (AvgIpc) is 3.46. The molecule has 8 nitrogen and oxygen atoms in total. The summed E-state index contributed by atoms with van der Waals surface area (Å²) in [6, 6.07) is 6.62. The lowest BCUT2D eigenvalue weighted by molar-refractivity contribution is 0.0951. The van der Waals surface area contributed by atoms with Crippen molar-refractivity contribution in [2.75, 3.05) is 17.2 Å². The maximum absolute atomic E-state index is 12.9. The summed E-state index contributed by atoms with van der Waals surface area (Å²) in [5.41, 5.74) is 4.85. The molecule has 5 rings (SSSR count). The minimum absolute atomic E-state index is 0.0457. The molecule has 1 aliphatic heterocycles. The van der Waals surface area contributed by atoms with Gasteiger partial charge in [0.2, 0.25) is 5.95 Å². The van der Waals surface area contributed by atoms with Gasteiger partial charge in [-0.25, -0.2) is 9.97 Å². The molecule has 0 saturated heterocycles. The van der Waals surface area contributed by atoms with Gasteiger partial charge in [0.25, 0.3) is 5.91 Å². The van der Waals surface area contributed by atoms with Gasteiger partial charge in [0.15, 0.2) is 10.9 Å². The Kier molecular flexibility index (Phi) is 6.01. The highest BCUT2D eigenvalue weighted by Gasteiger charge is 2.28. The van der Waals surface area contributed by atoms with E-state index in [1.165, 1.54) is 22.5 Å². The molecule has 0 bridgehead atoms. The van der Waals surface area contributed by atoms with Crippen molar-refractivity contribution in [1.29, 1.82) is 0 Å². The van der Waals surface area contributed by atoms with E-state index in [4.69, 9.17) is 4.98 Å². The van der Waals surface area contributed by atoms with Gasteiger partial charge in [-0.2, -0.15) is 4.98 Å². The van der Waals surface area contributed by atoms with Gasteiger partial charge in [-0.05, 0) is 62.9 Å². The van der Waals surface area contributed by atoms with Crippen molar-refractivity contribution in [3.05, 3.63) is 52.2 Å². The van der Waals surface area contributed by atoms with Crippen LogP contribution in [-0.2, 0) is 17.4 Å². The van der Waals surface area contributed by atoms with Gasteiger partial charge in [-0.3, -0.25) is 4.79 Å². The number of nitrogens with one attached hydrogen (secondary N) is 4. The molecule has 184 valence electrons. The Hall–Kier alpha value is -3.04. The summed E-state index contributed by atoms with van der Waals surface area (Å²) in [6.45, 7) is 11.7. The average molecular weight is 492 g/mol. The van der Waals surface area contributed by atoms with E-state index in [0.29, 0.717) is 22.5 Å². The van der Waals surface area contributed by atoms with Crippen LogP contribution < -0.4 is 21.3 Å². The SMILES string of the molecule is CC(C)(C)c1csc(Nc2nc(Nc3ccc4c(c3)CCNC4(C)C)ncc2C(=O)NC2CC2)n1. The molecule has 0 unspecified atom stereocenters. The smallest absolute Gasteiger partial charge is 0.256 e. The molecule has 0 spiro atoms. The minimum Gasteiger partial charge on any atom is -0.349 e. The van der Waals surface area contributed by atoms with Crippen LogP contribution in [0.4, 0.5) is 22.6 Å². The summed E-state index contributed by atoms with van der Waals surface area (Å²) in [5.74, 6) is 0.702. The number of fused-ring (bicyclic) bond motifs is 1. The molecule has 2 aliphatic rings. The largest absolute Gasteiger partial charge is 0.349 e. The van der Waals surface area contributed by atoms with E-state index in [1.54, 1.807) is 6.20 Å². The maximum atomic E-state index is 12.9. The van der Waals surface area contributed by atoms with E-state index in [2.05, 4.69) is 78.0 Å². The first-order valence-corrected chi connectivity index (χ1v) is 13.0. The fourth-order valence-electron chi connectivity index (χ4n) is 4.19. The molecule has 0 radical (unpaired) electrons. The molecule has 1 fully saturated rings. The number of thiazole rings is 1. The van der Waals surface area contributed by atoms with E-state index in [-0.39, 0.29) is 22.9 Å². The number of amides is 1. The molecule has 3 aromatic rings. The Balaban J connectivity index is 1.43. The van der Waals surface area contributed by atoms with Crippen molar-refractivity contribution in [2.45, 2.75) is 70.9 Å². The third-order valence-electron chi connectivity index (χ3n) is 6.44. The standard InChI is InChI=1S/C26H33N7OS/c1-25(2,3)20-14-35-24(31-20)33-21-18(22(34)29-16-6-7-16)13-27-23(32-21)30-17-8-9-19-15(12-17)10-11-28-26(19,4)5/h8-9,12-14,16,28H,6-7,10-11H2,1-5H3,(H,29,34)(H2,27,30,31,32,33).